The van der Waals surface area contributed by atoms with Gasteiger partial charge in [0.2, 0.25) is 0 Å². The summed E-state index contributed by atoms with van der Waals surface area (Å²) in [6.07, 6.45) is 3.65. The van der Waals surface area contributed by atoms with Gasteiger partial charge in [-0.15, -0.1) is 11.3 Å². The van der Waals surface area contributed by atoms with Crippen molar-refractivity contribution >= 4 is 21.6 Å². The van der Waals surface area contributed by atoms with Crippen molar-refractivity contribution in [3.63, 3.8) is 0 Å². The fourth-order valence-corrected chi connectivity index (χ4v) is 3.51. The molecule has 0 unspecified atom stereocenters. The molecule has 0 aliphatic carbocycles. The van der Waals surface area contributed by atoms with Crippen LogP contribution in [0.1, 0.15) is 23.4 Å². The third-order valence-corrected chi connectivity index (χ3v) is 4.62. The average molecular weight is 276 g/mol. The Balaban J connectivity index is 1.56. The van der Waals surface area contributed by atoms with E-state index in [0.717, 1.165) is 44.5 Å². The highest BCUT2D eigenvalue weighted by Crippen LogP contribution is 2.23. The number of hydrogen-bond donors (Lipinski definition) is 1. The van der Waals surface area contributed by atoms with Crippen molar-refractivity contribution in [3.8, 4) is 0 Å². The van der Waals surface area contributed by atoms with E-state index in [0.29, 0.717) is 6.10 Å². The first kappa shape index (κ1) is 13.0. The smallest absolute Gasteiger partial charge is 0.0961 e. The van der Waals surface area contributed by atoms with Gasteiger partial charge in [0.25, 0.3) is 0 Å². The third-order valence-electron chi connectivity index (χ3n) is 3.54. The molecular formula is C15H20N2OS. The number of rotatable bonds is 4. The Morgan fingerprint density at radius 1 is 1.37 bits per heavy atom. The SMILES string of the molecule is Cc1ccc2nc(CCOC3CCNCC3)sc2c1. The minimum atomic E-state index is 0.442. The zero-order valence-corrected chi connectivity index (χ0v) is 12.1. The van der Waals surface area contributed by atoms with Crippen LogP contribution < -0.4 is 5.32 Å². The molecule has 3 rings (SSSR count). The van der Waals surface area contributed by atoms with E-state index in [1.165, 1.54) is 15.3 Å². The molecular weight excluding hydrogens is 256 g/mol. The summed E-state index contributed by atoms with van der Waals surface area (Å²) >= 11 is 1.79. The predicted octanol–water partition coefficient (Wildman–Crippen LogP) is 2.92. The van der Waals surface area contributed by atoms with Crippen LogP contribution in [0.25, 0.3) is 10.2 Å². The summed E-state index contributed by atoms with van der Waals surface area (Å²) in [5.74, 6) is 0. The number of piperidine rings is 1. The lowest BCUT2D eigenvalue weighted by atomic mass is 10.1. The van der Waals surface area contributed by atoms with E-state index in [4.69, 9.17) is 4.74 Å². The van der Waals surface area contributed by atoms with Gasteiger partial charge in [-0.1, -0.05) is 6.07 Å². The maximum absolute atomic E-state index is 5.93. The number of fused-ring (bicyclic) bond motifs is 1. The molecule has 2 aromatic rings. The Labute approximate surface area is 118 Å². The maximum atomic E-state index is 5.93. The molecule has 1 aromatic heterocycles. The normalized spacial score (nSPS) is 17.1. The number of hydrogen-bond acceptors (Lipinski definition) is 4. The van der Waals surface area contributed by atoms with Gasteiger partial charge >= 0.3 is 0 Å². The third kappa shape index (κ3) is 3.32. The lowest BCUT2D eigenvalue weighted by molar-refractivity contribution is 0.0349. The highest BCUT2D eigenvalue weighted by atomic mass is 32.1. The number of nitrogens with one attached hydrogen (secondary N) is 1. The molecule has 0 bridgehead atoms. The molecule has 0 amide bonds. The standard InChI is InChI=1S/C15H20N2OS/c1-11-2-3-13-14(10-11)19-15(17-13)6-9-18-12-4-7-16-8-5-12/h2-3,10,12,16H,4-9H2,1H3. The summed E-state index contributed by atoms with van der Waals surface area (Å²) in [6.45, 7) is 5.10. The quantitative estimate of drug-likeness (QED) is 0.932. The van der Waals surface area contributed by atoms with E-state index in [1.54, 1.807) is 11.3 Å². The minimum Gasteiger partial charge on any atom is -0.378 e. The number of benzene rings is 1. The zero-order chi connectivity index (χ0) is 13.1. The maximum Gasteiger partial charge on any atom is 0.0961 e. The van der Waals surface area contributed by atoms with Crippen molar-refractivity contribution in [3.05, 3.63) is 28.8 Å². The molecule has 4 heteroatoms. The van der Waals surface area contributed by atoms with Gasteiger partial charge in [0, 0.05) is 6.42 Å². The van der Waals surface area contributed by atoms with Gasteiger partial charge in [-0.25, -0.2) is 4.98 Å². The predicted molar refractivity (Wildman–Crippen MR) is 79.9 cm³/mol. The fraction of sp³-hybridized carbons (Fsp3) is 0.533. The van der Waals surface area contributed by atoms with Crippen LogP contribution in [0.2, 0.25) is 0 Å². The second kappa shape index (κ2) is 5.99. The molecule has 0 saturated carbocycles. The number of ether oxygens (including phenoxy) is 1. The molecule has 0 spiro atoms. The number of nitrogens with zero attached hydrogens (tertiary/aromatic N) is 1. The second-order valence-corrected chi connectivity index (χ2v) is 6.26. The number of aromatic nitrogens is 1. The van der Waals surface area contributed by atoms with Crippen LogP contribution in [-0.4, -0.2) is 30.8 Å². The van der Waals surface area contributed by atoms with E-state index < -0.39 is 0 Å². The van der Waals surface area contributed by atoms with Gasteiger partial charge < -0.3 is 10.1 Å². The molecule has 0 atom stereocenters. The first-order chi connectivity index (χ1) is 9.31. The fourth-order valence-electron chi connectivity index (χ4n) is 2.46. The topological polar surface area (TPSA) is 34.1 Å². The van der Waals surface area contributed by atoms with E-state index >= 15 is 0 Å². The summed E-state index contributed by atoms with van der Waals surface area (Å²) in [4.78, 5) is 4.66. The van der Waals surface area contributed by atoms with E-state index in [2.05, 4.69) is 35.4 Å². The van der Waals surface area contributed by atoms with Crippen molar-refractivity contribution in [1.29, 1.82) is 0 Å². The van der Waals surface area contributed by atoms with Crippen molar-refractivity contribution in [1.82, 2.24) is 10.3 Å². The van der Waals surface area contributed by atoms with Gasteiger partial charge in [0.05, 0.1) is 27.9 Å². The molecule has 0 radical (unpaired) electrons. The van der Waals surface area contributed by atoms with Gasteiger partial charge in [0.15, 0.2) is 0 Å². The molecule has 3 nitrogen and oxygen atoms in total. The van der Waals surface area contributed by atoms with Gasteiger partial charge in [-0.05, 0) is 50.6 Å². The molecule has 1 fully saturated rings. The highest BCUT2D eigenvalue weighted by Gasteiger charge is 2.13. The average Bonchev–Trinajstić information content (AvgIpc) is 2.82. The Morgan fingerprint density at radius 3 is 3.05 bits per heavy atom. The minimum absolute atomic E-state index is 0.442. The first-order valence-corrected chi connectivity index (χ1v) is 7.81. The molecule has 1 aromatic carbocycles. The van der Waals surface area contributed by atoms with Crippen LogP contribution in [0.3, 0.4) is 0 Å². The molecule has 102 valence electrons. The number of aryl methyl sites for hydroxylation is 1. The molecule has 19 heavy (non-hydrogen) atoms. The summed E-state index contributed by atoms with van der Waals surface area (Å²) in [6, 6.07) is 6.44. The summed E-state index contributed by atoms with van der Waals surface area (Å²) in [5, 5.41) is 4.54. The van der Waals surface area contributed by atoms with E-state index in [9.17, 15) is 0 Å². The Hall–Kier alpha value is -0.970. The van der Waals surface area contributed by atoms with Crippen molar-refractivity contribution in [2.24, 2.45) is 0 Å². The lowest BCUT2D eigenvalue weighted by Gasteiger charge is -2.22. The molecule has 2 heterocycles. The Bertz CT molecular complexity index is 546. The Kier molecular flexibility index (Phi) is 4.11. The molecule has 1 aliphatic rings. The van der Waals surface area contributed by atoms with Crippen LogP contribution in [0.5, 0.6) is 0 Å². The molecule has 1 N–H and O–H groups in total. The van der Waals surface area contributed by atoms with Gasteiger partial charge in [0.1, 0.15) is 0 Å². The largest absolute Gasteiger partial charge is 0.378 e. The van der Waals surface area contributed by atoms with Crippen LogP contribution >= 0.6 is 11.3 Å². The van der Waals surface area contributed by atoms with Crippen LogP contribution in [0.4, 0.5) is 0 Å². The van der Waals surface area contributed by atoms with Crippen LogP contribution in [0, 0.1) is 6.92 Å². The van der Waals surface area contributed by atoms with Crippen LogP contribution in [0.15, 0.2) is 18.2 Å². The summed E-state index contributed by atoms with van der Waals surface area (Å²) in [7, 11) is 0. The van der Waals surface area contributed by atoms with Crippen LogP contribution in [-0.2, 0) is 11.2 Å². The summed E-state index contributed by atoms with van der Waals surface area (Å²) in [5.41, 5.74) is 2.42. The molecule has 1 saturated heterocycles. The lowest BCUT2D eigenvalue weighted by Crippen LogP contribution is -2.32. The van der Waals surface area contributed by atoms with E-state index in [-0.39, 0.29) is 0 Å². The highest BCUT2D eigenvalue weighted by molar-refractivity contribution is 7.18. The molecule has 1 aliphatic heterocycles. The van der Waals surface area contributed by atoms with Crippen molar-refractivity contribution in [2.75, 3.05) is 19.7 Å². The Morgan fingerprint density at radius 2 is 2.21 bits per heavy atom. The summed E-state index contributed by atoms with van der Waals surface area (Å²) < 4.78 is 7.22. The van der Waals surface area contributed by atoms with Gasteiger partial charge in [-0.3, -0.25) is 0 Å². The van der Waals surface area contributed by atoms with Crippen molar-refractivity contribution in [2.45, 2.75) is 32.3 Å². The first-order valence-electron chi connectivity index (χ1n) is 7.00. The second-order valence-electron chi connectivity index (χ2n) is 5.15. The van der Waals surface area contributed by atoms with Crippen molar-refractivity contribution < 1.29 is 4.74 Å². The van der Waals surface area contributed by atoms with Gasteiger partial charge in [-0.2, -0.15) is 0 Å². The monoisotopic (exact) mass is 276 g/mol. The van der Waals surface area contributed by atoms with E-state index in [1.807, 2.05) is 0 Å². The zero-order valence-electron chi connectivity index (χ0n) is 11.3. The number of thiazole rings is 1.